The van der Waals surface area contributed by atoms with Gasteiger partial charge >= 0.3 is 0 Å². The second kappa shape index (κ2) is 11.8. The topological polar surface area (TPSA) is 62.4 Å². The van der Waals surface area contributed by atoms with Gasteiger partial charge in [0.15, 0.2) is 0 Å². The average molecular weight is 700 g/mol. The van der Waals surface area contributed by atoms with Crippen molar-refractivity contribution < 1.29 is 0 Å². The zero-order valence-electron chi connectivity index (χ0n) is 29.5. The summed E-state index contributed by atoms with van der Waals surface area (Å²) in [5, 5.41) is 27.8. The second-order valence-corrected chi connectivity index (χ2v) is 13.9. The summed E-state index contributed by atoms with van der Waals surface area (Å²) in [6, 6.07) is 65.9. The Hall–Kier alpha value is -7.86. The van der Waals surface area contributed by atoms with Crippen LogP contribution in [0, 0.1) is 22.7 Å². The Morgan fingerprint density at radius 1 is 0.364 bits per heavy atom. The van der Waals surface area contributed by atoms with Crippen molar-refractivity contribution in [2.75, 3.05) is 0 Å². The summed E-state index contributed by atoms with van der Waals surface area (Å²) in [6.07, 6.45) is 0. The molecule has 0 aliphatic carbocycles. The summed E-state index contributed by atoms with van der Waals surface area (Å²) in [4.78, 5) is 0. The molecule has 0 saturated carbocycles. The van der Waals surface area contributed by atoms with Crippen LogP contribution in [0.3, 0.4) is 0 Å². The monoisotopic (exact) mass is 699 g/mol. The summed E-state index contributed by atoms with van der Waals surface area (Å²) in [6.45, 7) is 0. The molecule has 0 saturated heterocycles. The Kier molecular flexibility index (Phi) is 6.61. The molecule has 0 atom stereocenters. The van der Waals surface area contributed by atoms with E-state index in [2.05, 4.69) is 153 Å². The minimum Gasteiger partial charge on any atom is -0.309 e. The first kappa shape index (κ1) is 30.7. The third-order valence-corrected chi connectivity index (χ3v) is 11.1. The zero-order valence-corrected chi connectivity index (χ0v) is 29.5. The Balaban J connectivity index is 1.08. The minimum absolute atomic E-state index is 0.554. The van der Waals surface area contributed by atoms with E-state index in [0.717, 1.165) is 61.0 Å². The highest BCUT2D eigenvalue weighted by molar-refractivity contribution is 6.13. The normalized spacial score (nSPS) is 11.6. The number of aromatic nitrogens is 3. The molecule has 0 unspecified atom stereocenters. The predicted molar refractivity (Wildman–Crippen MR) is 224 cm³/mol. The van der Waals surface area contributed by atoms with Gasteiger partial charge in [-0.05, 0) is 66.2 Å². The summed E-state index contributed by atoms with van der Waals surface area (Å²) in [5.74, 6) is 0. The third-order valence-electron chi connectivity index (χ3n) is 11.1. The van der Waals surface area contributed by atoms with Gasteiger partial charge in [0.1, 0.15) is 12.1 Å². The molecule has 0 radical (unpaired) electrons. The Morgan fingerprint density at radius 2 is 0.855 bits per heavy atom. The summed E-state index contributed by atoms with van der Waals surface area (Å²) < 4.78 is 6.78. The largest absolute Gasteiger partial charge is 0.309 e. The predicted octanol–water partition coefficient (Wildman–Crippen LogP) is 12.4. The van der Waals surface area contributed by atoms with Crippen molar-refractivity contribution in [3.8, 4) is 40.3 Å². The van der Waals surface area contributed by atoms with Gasteiger partial charge < -0.3 is 13.7 Å². The first-order chi connectivity index (χ1) is 27.2. The van der Waals surface area contributed by atoms with Crippen LogP contribution in [0.15, 0.2) is 176 Å². The molecule has 11 aromatic rings. The molecule has 0 aliphatic rings. The van der Waals surface area contributed by atoms with Gasteiger partial charge in [-0.2, -0.15) is 10.5 Å². The highest BCUT2D eigenvalue weighted by Crippen LogP contribution is 2.39. The molecule has 55 heavy (non-hydrogen) atoms. The smallest absolute Gasteiger partial charge is 0.102 e. The summed E-state index contributed by atoms with van der Waals surface area (Å²) >= 11 is 0. The molecule has 254 valence electrons. The number of nitrogens with zero attached hydrogens (tertiary/aromatic N) is 5. The van der Waals surface area contributed by atoms with Crippen LogP contribution in [0.25, 0.3) is 93.6 Å². The van der Waals surface area contributed by atoms with Crippen LogP contribution in [0.5, 0.6) is 0 Å². The number of para-hydroxylation sites is 5. The van der Waals surface area contributed by atoms with E-state index < -0.39 is 0 Å². The molecule has 5 heteroatoms. The fraction of sp³-hybridized carbons (Fsp3) is 0. The molecule has 8 aromatic carbocycles. The third kappa shape index (κ3) is 4.39. The maximum absolute atomic E-state index is 10.8. The number of rotatable bonds is 4. The maximum Gasteiger partial charge on any atom is 0.102 e. The van der Waals surface area contributed by atoms with Crippen LogP contribution < -0.4 is 0 Å². The number of hydrogen-bond acceptors (Lipinski definition) is 2. The van der Waals surface area contributed by atoms with Crippen molar-refractivity contribution in [1.82, 2.24) is 13.7 Å². The van der Waals surface area contributed by atoms with Crippen LogP contribution >= 0.6 is 0 Å². The van der Waals surface area contributed by atoms with E-state index >= 15 is 0 Å². The molecular formula is C50H29N5. The Morgan fingerprint density at radius 3 is 1.45 bits per heavy atom. The van der Waals surface area contributed by atoms with Gasteiger partial charge in [0.05, 0.1) is 49.9 Å². The molecular weight excluding hydrogens is 671 g/mol. The van der Waals surface area contributed by atoms with E-state index in [9.17, 15) is 10.5 Å². The highest BCUT2D eigenvalue weighted by atomic mass is 15.0. The van der Waals surface area contributed by atoms with Gasteiger partial charge in [-0.25, -0.2) is 0 Å². The van der Waals surface area contributed by atoms with E-state index in [0.29, 0.717) is 11.1 Å². The lowest BCUT2D eigenvalue weighted by atomic mass is 9.98. The Bertz CT molecular complexity index is 3400. The standard InChI is InChI=1S/C50H29N5/c51-30-33-11-9-17-42-40-15-4-8-21-47(40)55(50(33)42)48-22-10-16-36(43(48)31-52)32-23-25-34(26-24-32)53-44-18-5-3-14-39(44)41-28-27-35(29-49(41)53)54-45-19-6-1-12-37(45)38-13-2-7-20-46(38)54/h1-29H. The van der Waals surface area contributed by atoms with Gasteiger partial charge in [-0.3, -0.25) is 0 Å². The van der Waals surface area contributed by atoms with Crippen molar-refractivity contribution >= 4 is 65.4 Å². The quantitative estimate of drug-likeness (QED) is 0.184. The van der Waals surface area contributed by atoms with Gasteiger partial charge in [0.25, 0.3) is 0 Å². The number of nitriles is 2. The van der Waals surface area contributed by atoms with Crippen LogP contribution in [-0.2, 0) is 0 Å². The van der Waals surface area contributed by atoms with Gasteiger partial charge in [-0.1, -0.05) is 115 Å². The van der Waals surface area contributed by atoms with Gasteiger partial charge in [0.2, 0.25) is 0 Å². The Labute approximate surface area is 316 Å². The molecule has 0 spiro atoms. The first-order valence-corrected chi connectivity index (χ1v) is 18.3. The van der Waals surface area contributed by atoms with Crippen LogP contribution in [0.4, 0.5) is 0 Å². The SMILES string of the molecule is N#Cc1c(-c2ccc(-n3c4ccccc4c4ccc(-n5c6ccccc6c6ccccc65)cc43)cc2)cccc1-n1c2ccccc2c2cccc(C#N)c21. The van der Waals surface area contributed by atoms with Crippen molar-refractivity contribution in [3.63, 3.8) is 0 Å². The molecule has 0 aliphatic heterocycles. The molecule has 0 amide bonds. The van der Waals surface area contributed by atoms with Gasteiger partial charge in [0, 0.05) is 49.3 Å². The highest BCUT2D eigenvalue weighted by Gasteiger charge is 2.20. The first-order valence-electron chi connectivity index (χ1n) is 18.3. The minimum atomic E-state index is 0.554. The molecule has 3 heterocycles. The van der Waals surface area contributed by atoms with Crippen LogP contribution in [0.1, 0.15) is 11.1 Å². The fourth-order valence-electron chi connectivity index (χ4n) is 8.81. The lowest BCUT2D eigenvalue weighted by Gasteiger charge is -2.15. The molecule has 0 fully saturated rings. The average Bonchev–Trinajstić information content (AvgIpc) is 3.89. The fourth-order valence-corrected chi connectivity index (χ4v) is 8.81. The number of benzene rings is 8. The van der Waals surface area contributed by atoms with E-state index in [4.69, 9.17) is 0 Å². The van der Waals surface area contributed by atoms with Gasteiger partial charge in [-0.15, -0.1) is 0 Å². The molecule has 0 bridgehead atoms. The van der Waals surface area contributed by atoms with E-state index in [1.165, 1.54) is 32.6 Å². The summed E-state index contributed by atoms with van der Waals surface area (Å²) in [7, 11) is 0. The molecule has 0 N–H and O–H groups in total. The second-order valence-electron chi connectivity index (χ2n) is 13.9. The zero-order chi connectivity index (χ0) is 36.6. The lowest BCUT2D eigenvalue weighted by molar-refractivity contribution is 1.15. The maximum atomic E-state index is 10.8. The van der Waals surface area contributed by atoms with Crippen molar-refractivity contribution in [2.24, 2.45) is 0 Å². The molecule has 11 rings (SSSR count). The van der Waals surface area contributed by atoms with E-state index in [-0.39, 0.29) is 0 Å². The molecule has 3 aromatic heterocycles. The van der Waals surface area contributed by atoms with Crippen LogP contribution in [0.2, 0.25) is 0 Å². The van der Waals surface area contributed by atoms with E-state index in [1.54, 1.807) is 0 Å². The van der Waals surface area contributed by atoms with E-state index in [1.807, 2.05) is 48.5 Å². The van der Waals surface area contributed by atoms with Crippen molar-refractivity contribution in [3.05, 3.63) is 187 Å². The van der Waals surface area contributed by atoms with Crippen molar-refractivity contribution in [1.29, 1.82) is 10.5 Å². The number of hydrogen-bond donors (Lipinski definition) is 0. The number of fused-ring (bicyclic) bond motifs is 9. The van der Waals surface area contributed by atoms with Crippen molar-refractivity contribution in [2.45, 2.75) is 0 Å². The molecule has 5 nitrogen and oxygen atoms in total. The lowest BCUT2D eigenvalue weighted by Crippen LogP contribution is -2.01. The summed E-state index contributed by atoms with van der Waals surface area (Å²) in [5.41, 5.74) is 12.1. The van der Waals surface area contributed by atoms with Crippen LogP contribution in [-0.4, -0.2) is 13.7 Å².